The zero-order valence-corrected chi connectivity index (χ0v) is 7.47. The molecule has 0 aromatic carbocycles. The van der Waals surface area contributed by atoms with E-state index in [-0.39, 0.29) is 0 Å². The molecule has 0 unspecified atom stereocenters. The minimum Gasteiger partial charge on any atom is -0.261 e. The van der Waals surface area contributed by atoms with Gasteiger partial charge in [0.15, 0.2) is 5.82 Å². The van der Waals surface area contributed by atoms with Crippen LogP contribution in [0.15, 0.2) is 18.3 Å². The summed E-state index contributed by atoms with van der Waals surface area (Å²) in [6.45, 7) is 1.93. The van der Waals surface area contributed by atoms with Crippen LogP contribution in [0.5, 0.6) is 0 Å². The lowest BCUT2D eigenvalue weighted by Gasteiger charge is -2.00. The summed E-state index contributed by atoms with van der Waals surface area (Å²) in [5, 5.41) is 11.2. The molecule has 5 nitrogen and oxygen atoms in total. The maximum Gasteiger partial charge on any atom is 0.183 e. The van der Waals surface area contributed by atoms with Gasteiger partial charge in [0.2, 0.25) is 0 Å². The van der Waals surface area contributed by atoms with Gasteiger partial charge in [0.05, 0.1) is 0 Å². The van der Waals surface area contributed by atoms with E-state index in [0.29, 0.717) is 0 Å². The summed E-state index contributed by atoms with van der Waals surface area (Å²) in [7, 11) is 1.81. The fraction of sp³-hybridized carbons (Fsp3) is 0.250. The van der Waals surface area contributed by atoms with Crippen LogP contribution in [0.1, 0.15) is 5.69 Å². The summed E-state index contributed by atoms with van der Waals surface area (Å²) in [4.78, 5) is 4.17. The molecular formula is C8H9N5. The van der Waals surface area contributed by atoms with Crippen LogP contribution in [-0.2, 0) is 7.05 Å². The average Bonchev–Trinajstić information content (AvgIpc) is 2.52. The zero-order chi connectivity index (χ0) is 9.26. The molecule has 2 aromatic rings. The maximum absolute atomic E-state index is 4.17. The van der Waals surface area contributed by atoms with Gasteiger partial charge in [-0.25, -0.2) is 4.68 Å². The first-order valence-electron chi connectivity index (χ1n) is 3.93. The Kier molecular flexibility index (Phi) is 1.77. The Morgan fingerprint density at radius 2 is 2.23 bits per heavy atom. The standard InChI is InChI=1S/C8H9N5/c1-6-7(4-3-5-9-6)8-10-11-12-13(8)2/h3-5H,1-2H3. The third kappa shape index (κ3) is 1.28. The van der Waals surface area contributed by atoms with Gasteiger partial charge < -0.3 is 0 Å². The van der Waals surface area contributed by atoms with E-state index in [2.05, 4.69) is 20.5 Å². The van der Waals surface area contributed by atoms with Crippen molar-refractivity contribution in [2.75, 3.05) is 0 Å². The minimum absolute atomic E-state index is 0.741. The van der Waals surface area contributed by atoms with Gasteiger partial charge in [0, 0.05) is 24.5 Å². The molecule has 2 aromatic heterocycles. The van der Waals surface area contributed by atoms with Gasteiger partial charge in [0.1, 0.15) is 0 Å². The van der Waals surface area contributed by atoms with Crippen molar-refractivity contribution in [2.45, 2.75) is 6.92 Å². The van der Waals surface area contributed by atoms with Crippen LogP contribution in [0.4, 0.5) is 0 Å². The van der Waals surface area contributed by atoms with Gasteiger partial charge in [-0.15, -0.1) is 5.10 Å². The lowest BCUT2D eigenvalue weighted by Crippen LogP contribution is -1.96. The fourth-order valence-electron chi connectivity index (χ4n) is 1.18. The van der Waals surface area contributed by atoms with Crippen molar-refractivity contribution in [3.8, 4) is 11.4 Å². The second-order valence-corrected chi connectivity index (χ2v) is 2.76. The Bertz CT molecular complexity index is 420. The molecule has 0 amide bonds. The van der Waals surface area contributed by atoms with Gasteiger partial charge in [-0.1, -0.05) is 0 Å². The van der Waals surface area contributed by atoms with Crippen LogP contribution in [0.3, 0.4) is 0 Å². The summed E-state index contributed by atoms with van der Waals surface area (Å²) in [5.74, 6) is 0.741. The topological polar surface area (TPSA) is 56.5 Å². The van der Waals surface area contributed by atoms with Crippen LogP contribution in [0.25, 0.3) is 11.4 Å². The van der Waals surface area contributed by atoms with E-state index < -0.39 is 0 Å². The summed E-state index contributed by atoms with van der Waals surface area (Å²) < 4.78 is 1.63. The van der Waals surface area contributed by atoms with Crippen LogP contribution in [0, 0.1) is 6.92 Å². The summed E-state index contributed by atoms with van der Waals surface area (Å²) >= 11 is 0. The lowest BCUT2D eigenvalue weighted by atomic mass is 10.2. The van der Waals surface area contributed by atoms with E-state index in [9.17, 15) is 0 Å². The Hall–Kier alpha value is -1.78. The number of nitrogens with zero attached hydrogens (tertiary/aromatic N) is 5. The molecule has 66 valence electrons. The molecule has 0 saturated heterocycles. The molecule has 0 N–H and O–H groups in total. The van der Waals surface area contributed by atoms with Gasteiger partial charge in [-0.05, 0) is 29.5 Å². The zero-order valence-electron chi connectivity index (χ0n) is 7.47. The molecule has 0 aliphatic rings. The minimum atomic E-state index is 0.741. The van der Waals surface area contributed by atoms with Crippen molar-refractivity contribution in [1.82, 2.24) is 25.2 Å². The smallest absolute Gasteiger partial charge is 0.183 e. The molecular weight excluding hydrogens is 166 g/mol. The highest BCUT2D eigenvalue weighted by Crippen LogP contribution is 2.16. The molecule has 2 heterocycles. The van der Waals surface area contributed by atoms with Crippen molar-refractivity contribution in [2.24, 2.45) is 7.05 Å². The van der Waals surface area contributed by atoms with Crippen molar-refractivity contribution in [3.05, 3.63) is 24.0 Å². The van der Waals surface area contributed by atoms with Crippen molar-refractivity contribution in [3.63, 3.8) is 0 Å². The first kappa shape index (κ1) is 7.85. The molecule has 0 saturated carbocycles. The van der Waals surface area contributed by atoms with E-state index in [4.69, 9.17) is 0 Å². The van der Waals surface area contributed by atoms with E-state index in [1.165, 1.54) is 0 Å². The SMILES string of the molecule is Cc1ncccc1-c1nnnn1C. The normalized spacial score (nSPS) is 10.3. The molecule has 0 atom stereocenters. The monoisotopic (exact) mass is 175 g/mol. The van der Waals surface area contributed by atoms with Gasteiger partial charge in [-0.2, -0.15) is 0 Å². The highest BCUT2D eigenvalue weighted by Gasteiger charge is 2.07. The van der Waals surface area contributed by atoms with Gasteiger partial charge >= 0.3 is 0 Å². The van der Waals surface area contributed by atoms with Crippen LogP contribution in [-0.4, -0.2) is 25.2 Å². The highest BCUT2D eigenvalue weighted by molar-refractivity contribution is 5.56. The third-order valence-electron chi connectivity index (χ3n) is 1.87. The number of hydrogen-bond donors (Lipinski definition) is 0. The van der Waals surface area contributed by atoms with Gasteiger partial charge in [0.25, 0.3) is 0 Å². The van der Waals surface area contributed by atoms with Crippen LogP contribution < -0.4 is 0 Å². The molecule has 0 aliphatic carbocycles. The molecule has 0 radical (unpaired) electrons. The summed E-state index contributed by atoms with van der Waals surface area (Å²) in [6, 6.07) is 3.82. The van der Waals surface area contributed by atoms with E-state index in [1.54, 1.807) is 10.9 Å². The Labute approximate surface area is 75.4 Å². The largest absolute Gasteiger partial charge is 0.261 e. The van der Waals surface area contributed by atoms with Crippen LogP contribution >= 0.6 is 0 Å². The predicted molar refractivity (Wildman–Crippen MR) is 46.8 cm³/mol. The average molecular weight is 175 g/mol. The maximum atomic E-state index is 4.17. The molecule has 0 fully saturated rings. The van der Waals surface area contributed by atoms with E-state index >= 15 is 0 Å². The Morgan fingerprint density at radius 1 is 1.38 bits per heavy atom. The summed E-state index contributed by atoms with van der Waals surface area (Å²) in [6.07, 6.45) is 1.75. The molecule has 0 spiro atoms. The second kappa shape index (κ2) is 2.93. The van der Waals surface area contributed by atoms with Crippen LogP contribution in [0.2, 0.25) is 0 Å². The molecule has 2 rings (SSSR count). The number of rotatable bonds is 1. The Morgan fingerprint density at radius 3 is 2.85 bits per heavy atom. The lowest BCUT2D eigenvalue weighted by molar-refractivity contribution is 0.714. The van der Waals surface area contributed by atoms with Crippen molar-refractivity contribution in [1.29, 1.82) is 0 Å². The van der Waals surface area contributed by atoms with Crippen molar-refractivity contribution >= 4 is 0 Å². The number of aryl methyl sites for hydroxylation is 2. The van der Waals surface area contributed by atoms with Gasteiger partial charge in [-0.3, -0.25) is 4.98 Å². The number of hydrogen-bond acceptors (Lipinski definition) is 4. The molecule has 5 heteroatoms. The highest BCUT2D eigenvalue weighted by atomic mass is 15.5. The Balaban J connectivity index is 2.59. The molecule has 0 bridgehead atoms. The first-order valence-corrected chi connectivity index (χ1v) is 3.93. The quantitative estimate of drug-likeness (QED) is 0.636. The van der Waals surface area contributed by atoms with E-state index in [1.807, 2.05) is 26.1 Å². The number of pyridine rings is 1. The fourth-order valence-corrected chi connectivity index (χ4v) is 1.18. The molecule has 0 aliphatic heterocycles. The summed E-state index contributed by atoms with van der Waals surface area (Å²) in [5.41, 5.74) is 1.90. The van der Waals surface area contributed by atoms with Crippen molar-refractivity contribution < 1.29 is 0 Å². The number of tetrazole rings is 1. The van der Waals surface area contributed by atoms with E-state index in [0.717, 1.165) is 17.1 Å². The number of aromatic nitrogens is 5. The second-order valence-electron chi connectivity index (χ2n) is 2.76. The predicted octanol–water partition coefficient (Wildman–Crippen LogP) is 0.581. The third-order valence-corrected chi connectivity index (χ3v) is 1.87. The first-order chi connectivity index (χ1) is 6.29. The molecule has 13 heavy (non-hydrogen) atoms.